The first-order valence-electron chi connectivity index (χ1n) is 7.38. The van der Waals surface area contributed by atoms with Crippen LogP contribution < -0.4 is 11.1 Å². The van der Waals surface area contributed by atoms with Gasteiger partial charge in [0.15, 0.2) is 5.78 Å². The summed E-state index contributed by atoms with van der Waals surface area (Å²) in [6.45, 7) is 0. The van der Waals surface area contributed by atoms with Gasteiger partial charge >= 0.3 is 0 Å². The molecular weight excluding hydrogens is 413 g/mol. The maximum atomic E-state index is 12.3. The van der Waals surface area contributed by atoms with E-state index < -0.39 is 0 Å². The number of anilines is 2. The van der Waals surface area contributed by atoms with Crippen LogP contribution in [0.2, 0.25) is 15.1 Å². The molecule has 1 heterocycles. The molecule has 0 unspecified atom stereocenters. The van der Waals surface area contributed by atoms with Crippen molar-refractivity contribution in [2.45, 2.75) is 0 Å². The van der Waals surface area contributed by atoms with E-state index in [1.54, 1.807) is 30.5 Å². The zero-order valence-electron chi connectivity index (χ0n) is 13.2. The molecule has 3 aromatic rings. The molecule has 3 N–H and O–H groups in total. The second-order valence-electron chi connectivity index (χ2n) is 5.23. The normalized spacial score (nSPS) is 11.0. The highest BCUT2D eigenvalue weighted by atomic mass is 35.5. The largest absolute Gasteiger partial charge is 0.397 e. The van der Waals surface area contributed by atoms with Gasteiger partial charge in [0.2, 0.25) is 0 Å². The van der Waals surface area contributed by atoms with E-state index in [1.165, 1.54) is 23.6 Å². The SMILES string of the molecule is Nc1cc(Cl)c(Cl)cc1N/C=C\C(=O)c1cnc(-c2ccc(Cl)cc2)s1. The van der Waals surface area contributed by atoms with Crippen LogP contribution in [0, 0.1) is 0 Å². The van der Waals surface area contributed by atoms with Gasteiger partial charge in [-0.05, 0) is 24.3 Å². The van der Waals surface area contributed by atoms with E-state index in [2.05, 4.69) is 10.3 Å². The maximum absolute atomic E-state index is 12.3. The lowest BCUT2D eigenvalue weighted by Crippen LogP contribution is -1.97. The molecule has 0 amide bonds. The second kappa shape index (κ2) is 8.10. The average Bonchev–Trinajstić information content (AvgIpc) is 3.10. The lowest BCUT2D eigenvalue weighted by atomic mass is 10.2. The summed E-state index contributed by atoms with van der Waals surface area (Å²) in [6.07, 6.45) is 4.45. The average molecular weight is 425 g/mol. The second-order valence-corrected chi connectivity index (χ2v) is 7.51. The first-order chi connectivity index (χ1) is 12.4. The number of nitrogens with zero attached hydrogens (tertiary/aromatic N) is 1. The third-order valence-corrected chi connectivity index (χ3v) is 5.44. The van der Waals surface area contributed by atoms with Gasteiger partial charge in [0, 0.05) is 29.1 Å². The van der Waals surface area contributed by atoms with Gasteiger partial charge < -0.3 is 11.1 Å². The van der Waals surface area contributed by atoms with Crippen LogP contribution in [-0.4, -0.2) is 10.8 Å². The summed E-state index contributed by atoms with van der Waals surface area (Å²) < 4.78 is 0. The van der Waals surface area contributed by atoms with Crippen molar-refractivity contribution in [2.75, 3.05) is 11.1 Å². The smallest absolute Gasteiger partial charge is 0.198 e. The maximum Gasteiger partial charge on any atom is 0.198 e. The van der Waals surface area contributed by atoms with Crippen LogP contribution >= 0.6 is 46.1 Å². The molecule has 132 valence electrons. The summed E-state index contributed by atoms with van der Waals surface area (Å²) in [6, 6.07) is 10.4. The number of hydrogen-bond donors (Lipinski definition) is 2. The number of carbonyl (C=O) groups excluding carboxylic acids is 1. The van der Waals surface area contributed by atoms with Gasteiger partial charge in [-0.2, -0.15) is 0 Å². The quantitative estimate of drug-likeness (QED) is 0.292. The highest BCUT2D eigenvalue weighted by molar-refractivity contribution is 7.17. The number of halogens is 3. The molecule has 3 rings (SSSR count). The Morgan fingerprint density at radius 1 is 1.12 bits per heavy atom. The Morgan fingerprint density at radius 2 is 1.81 bits per heavy atom. The summed E-state index contributed by atoms with van der Waals surface area (Å²) in [5.41, 5.74) is 7.76. The Balaban J connectivity index is 1.70. The van der Waals surface area contributed by atoms with E-state index in [0.29, 0.717) is 31.3 Å². The van der Waals surface area contributed by atoms with E-state index in [0.717, 1.165) is 10.6 Å². The molecule has 0 fully saturated rings. The van der Waals surface area contributed by atoms with Gasteiger partial charge in [-0.15, -0.1) is 11.3 Å². The van der Waals surface area contributed by atoms with E-state index in [1.807, 2.05) is 12.1 Å². The molecule has 4 nitrogen and oxygen atoms in total. The van der Waals surface area contributed by atoms with Gasteiger partial charge in [-0.25, -0.2) is 4.98 Å². The highest BCUT2D eigenvalue weighted by Crippen LogP contribution is 2.31. The van der Waals surface area contributed by atoms with Crippen molar-refractivity contribution < 1.29 is 4.79 Å². The Morgan fingerprint density at radius 3 is 2.54 bits per heavy atom. The van der Waals surface area contributed by atoms with Crippen molar-refractivity contribution in [3.8, 4) is 10.6 Å². The number of thiazole rings is 1. The van der Waals surface area contributed by atoms with Crippen LogP contribution in [0.5, 0.6) is 0 Å². The van der Waals surface area contributed by atoms with E-state index in [-0.39, 0.29) is 5.78 Å². The van der Waals surface area contributed by atoms with Gasteiger partial charge in [0.1, 0.15) is 5.01 Å². The van der Waals surface area contributed by atoms with Crippen LogP contribution in [0.3, 0.4) is 0 Å². The Hall–Kier alpha value is -2.05. The molecule has 8 heteroatoms. The molecule has 0 aliphatic heterocycles. The zero-order valence-corrected chi connectivity index (χ0v) is 16.3. The summed E-state index contributed by atoms with van der Waals surface area (Å²) >= 11 is 19.0. The number of benzene rings is 2. The fraction of sp³-hybridized carbons (Fsp3) is 0. The number of carbonyl (C=O) groups is 1. The first kappa shape index (κ1) is 18.7. The molecule has 0 radical (unpaired) electrons. The molecule has 0 bridgehead atoms. The van der Waals surface area contributed by atoms with Gasteiger partial charge in [0.25, 0.3) is 0 Å². The van der Waals surface area contributed by atoms with Crippen molar-refractivity contribution in [2.24, 2.45) is 0 Å². The van der Waals surface area contributed by atoms with Crippen molar-refractivity contribution in [3.05, 3.63) is 74.8 Å². The minimum absolute atomic E-state index is 0.172. The van der Waals surface area contributed by atoms with E-state index >= 15 is 0 Å². The molecule has 0 saturated carbocycles. The highest BCUT2D eigenvalue weighted by Gasteiger charge is 2.10. The number of hydrogen-bond acceptors (Lipinski definition) is 5. The Kier molecular flexibility index (Phi) is 5.84. The van der Waals surface area contributed by atoms with Crippen molar-refractivity contribution in [3.63, 3.8) is 0 Å². The first-order valence-corrected chi connectivity index (χ1v) is 9.33. The predicted octanol–water partition coefficient (Wildman–Crippen LogP) is 6.16. The number of nitrogens with one attached hydrogen (secondary N) is 1. The number of allylic oxidation sites excluding steroid dienone is 1. The Labute approximate surface area is 169 Å². The van der Waals surface area contributed by atoms with Crippen LogP contribution in [-0.2, 0) is 0 Å². The summed E-state index contributed by atoms with van der Waals surface area (Å²) in [7, 11) is 0. The van der Waals surface area contributed by atoms with Crippen LogP contribution in [0.25, 0.3) is 10.6 Å². The monoisotopic (exact) mass is 423 g/mol. The molecule has 0 aliphatic rings. The van der Waals surface area contributed by atoms with Crippen molar-refractivity contribution in [1.29, 1.82) is 0 Å². The number of aromatic nitrogens is 1. The van der Waals surface area contributed by atoms with Crippen LogP contribution in [0.4, 0.5) is 11.4 Å². The summed E-state index contributed by atoms with van der Waals surface area (Å²) in [4.78, 5) is 17.1. The van der Waals surface area contributed by atoms with Gasteiger partial charge in [0.05, 0.1) is 26.3 Å². The minimum atomic E-state index is -0.172. The number of rotatable bonds is 5. The number of nitrogen functional groups attached to an aromatic ring is 1. The van der Waals surface area contributed by atoms with E-state index in [9.17, 15) is 4.79 Å². The summed E-state index contributed by atoms with van der Waals surface area (Å²) in [5, 5.41) is 5.07. The van der Waals surface area contributed by atoms with Crippen LogP contribution in [0.15, 0.2) is 54.9 Å². The molecule has 0 saturated heterocycles. The van der Waals surface area contributed by atoms with Gasteiger partial charge in [-0.1, -0.05) is 46.9 Å². The molecule has 0 aliphatic carbocycles. The molecule has 0 atom stereocenters. The van der Waals surface area contributed by atoms with E-state index in [4.69, 9.17) is 40.5 Å². The van der Waals surface area contributed by atoms with Crippen molar-refractivity contribution >= 4 is 63.3 Å². The molecule has 1 aromatic heterocycles. The standard InChI is InChI=1S/C18H12Cl3N3OS/c19-11-3-1-10(2-4-11)18-24-9-17(26-18)16(25)5-6-23-15-8-13(21)12(20)7-14(15)22/h1-9,23H,22H2/b6-5-. The fourth-order valence-corrected chi connectivity index (χ4v) is 3.39. The third-order valence-electron chi connectivity index (χ3n) is 3.41. The third kappa shape index (κ3) is 4.37. The lowest BCUT2D eigenvalue weighted by molar-refractivity contribution is 0.105. The minimum Gasteiger partial charge on any atom is -0.397 e. The molecular formula is C18H12Cl3N3OS. The van der Waals surface area contributed by atoms with Crippen LogP contribution in [0.1, 0.15) is 9.67 Å². The topological polar surface area (TPSA) is 68.0 Å². The van der Waals surface area contributed by atoms with Gasteiger partial charge in [-0.3, -0.25) is 4.79 Å². The molecule has 26 heavy (non-hydrogen) atoms. The summed E-state index contributed by atoms with van der Waals surface area (Å²) in [5.74, 6) is -0.172. The molecule has 2 aromatic carbocycles. The number of nitrogens with two attached hydrogens (primary N) is 1. The number of ketones is 1. The fourth-order valence-electron chi connectivity index (χ4n) is 2.09. The zero-order chi connectivity index (χ0) is 18.7. The predicted molar refractivity (Wildman–Crippen MR) is 111 cm³/mol. The molecule has 0 spiro atoms. The lowest BCUT2D eigenvalue weighted by Gasteiger charge is -2.06. The van der Waals surface area contributed by atoms with Crippen molar-refractivity contribution in [1.82, 2.24) is 4.98 Å². The Bertz CT molecular complexity index is 984.